The summed E-state index contributed by atoms with van der Waals surface area (Å²) in [7, 11) is 0. The maximum absolute atomic E-state index is 13.9. The van der Waals surface area contributed by atoms with Crippen molar-refractivity contribution in [2.24, 2.45) is 0 Å². The molecule has 284 valence electrons. The molecule has 2 aromatic carbocycles. The van der Waals surface area contributed by atoms with Gasteiger partial charge in [0.25, 0.3) is 23.6 Å². The third-order valence-electron chi connectivity index (χ3n) is 7.33. The van der Waals surface area contributed by atoms with Gasteiger partial charge in [-0.25, -0.2) is 15.4 Å². The zero-order chi connectivity index (χ0) is 39.3. The zero-order valence-electron chi connectivity index (χ0n) is 29.4. The third kappa shape index (κ3) is 12.7. The number of unbranched alkanes of at least 4 members (excludes halogenated alkanes) is 1. The van der Waals surface area contributed by atoms with Crippen LogP contribution in [0.3, 0.4) is 0 Å². The molecule has 1 aromatic heterocycles. The van der Waals surface area contributed by atoms with Crippen LogP contribution < -0.4 is 26.7 Å². The summed E-state index contributed by atoms with van der Waals surface area (Å²) in [6.45, 7) is 6.70. The SMILES string of the molecule is CCOC(=O)CCc1ccc(C(=O)Nc2cc(NC(=O)c3cc(C(=O)NC(C)C)ccc3C(=O)NCCCCC(=O)NO)nc(C)n2)cc1C(F)(F)F. The third-order valence-corrected chi connectivity index (χ3v) is 7.33. The lowest BCUT2D eigenvalue weighted by atomic mass is 9.99. The van der Waals surface area contributed by atoms with Crippen LogP contribution in [0.1, 0.15) is 105 Å². The second-order valence-electron chi connectivity index (χ2n) is 11.9. The summed E-state index contributed by atoms with van der Waals surface area (Å²) in [6, 6.07) is 7.74. The number of alkyl halides is 3. The highest BCUT2D eigenvalue weighted by Gasteiger charge is 2.34. The van der Waals surface area contributed by atoms with Gasteiger partial charge in [0.15, 0.2) is 0 Å². The number of aromatic nitrogens is 2. The fourth-order valence-electron chi connectivity index (χ4n) is 4.92. The predicted octanol–water partition coefficient (Wildman–Crippen LogP) is 4.35. The summed E-state index contributed by atoms with van der Waals surface area (Å²) in [5.74, 6) is -4.48. The lowest BCUT2D eigenvalue weighted by Gasteiger charge is -2.15. The van der Waals surface area contributed by atoms with Crippen molar-refractivity contribution in [3.8, 4) is 0 Å². The molecular formula is C35H40F3N7O8. The molecule has 6 N–H and O–H groups in total. The first-order valence-electron chi connectivity index (χ1n) is 16.5. The first-order valence-corrected chi connectivity index (χ1v) is 16.5. The fraction of sp³-hybridized carbons (Fsp3) is 0.371. The molecule has 0 aliphatic carbocycles. The molecule has 0 saturated carbocycles. The molecule has 0 bridgehead atoms. The van der Waals surface area contributed by atoms with E-state index in [1.165, 1.54) is 36.7 Å². The lowest BCUT2D eigenvalue weighted by Crippen LogP contribution is -2.31. The molecule has 0 fully saturated rings. The molecule has 0 unspecified atom stereocenters. The molecular weight excluding hydrogens is 703 g/mol. The summed E-state index contributed by atoms with van der Waals surface area (Å²) in [5, 5.41) is 18.9. The van der Waals surface area contributed by atoms with E-state index in [0.717, 1.165) is 12.1 Å². The van der Waals surface area contributed by atoms with Crippen molar-refractivity contribution in [2.45, 2.75) is 72.0 Å². The van der Waals surface area contributed by atoms with Crippen molar-refractivity contribution in [3.63, 3.8) is 0 Å². The van der Waals surface area contributed by atoms with Gasteiger partial charge in [-0.15, -0.1) is 0 Å². The van der Waals surface area contributed by atoms with E-state index in [-0.39, 0.29) is 83.7 Å². The summed E-state index contributed by atoms with van der Waals surface area (Å²) in [6.07, 6.45) is -4.62. The van der Waals surface area contributed by atoms with Gasteiger partial charge in [-0.05, 0) is 82.9 Å². The molecule has 0 saturated heterocycles. The van der Waals surface area contributed by atoms with Crippen LogP contribution in [-0.2, 0) is 26.9 Å². The van der Waals surface area contributed by atoms with Crippen LogP contribution in [0.25, 0.3) is 0 Å². The number of esters is 1. The highest BCUT2D eigenvalue weighted by atomic mass is 19.4. The van der Waals surface area contributed by atoms with Crippen LogP contribution in [0, 0.1) is 6.92 Å². The van der Waals surface area contributed by atoms with Crippen LogP contribution in [0.15, 0.2) is 42.5 Å². The Balaban J connectivity index is 1.84. The zero-order valence-corrected chi connectivity index (χ0v) is 29.4. The average Bonchev–Trinajstić information content (AvgIpc) is 3.09. The number of benzene rings is 2. The maximum atomic E-state index is 13.9. The summed E-state index contributed by atoms with van der Waals surface area (Å²) >= 11 is 0. The van der Waals surface area contributed by atoms with Crippen LogP contribution in [-0.4, -0.2) is 69.9 Å². The summed E-state index contributed by atoms with van der Waals surface area (Å²) < 4.78 is 46.5. The standard InChI is InChI=1S/C35H40F3N7O8/c1-5-53-30(47)14-12-21-9-10-23(17-26(21)35(36,37)38)32(49)43-27-18-28(42-20(4)41-27)44-34(51)25-16-22(31(48)40-19(2)3)11-13-24(25)33(50)39-15-7-6-8-29(46)45-52/h9-11,13,16-19,52H,5-8,12,14-15H2,1-4H3,(H,39,50)(H,40,48)(H,45,46)(H2,41,42,43,44,49,51). The van der Waals surface area contributed by atoms with Gasteiger partial charge in [0, 0.05) is 42.6 Å². The number of carbonyl (C=O) groups excluding carboxylic acids is 6. The quantitative estimate of drug-likeness (QED) is 0.0528. The number of anilines is 2. The van der Waals surface area contributed by atoms with E-state index >= 15 is 0 Å². The number of aryl methyl sites for hydroxylation is 2. The molecule has 3 rings (SSSR count). The molecule has 0 atom stereocenters. The molecule has 18 heteroatoms. The van der Waals surface area contributed by atoms with Gasteiger partial charge in [-0.2, -0.15) is 13.2 Å². The Morgan fingerprint density at radius 3 is 2.08 bits per heavy atom. The van der Waals surface area contributed by atoms with Crippen molar-refractivity contribution in [1.29, 1.82) is 0 Å². The molecule has 5 amide bonds. The molecule has 0 radical (unpaired) electrons. The van der Waals surface area contributed by atoms with Crippen molar-refractivity contribution in [2.75, 3.05) is 23.8 Å². The van der Waals surface area contributed by atoms with E-state index in [0.29, 0.717) is 18.9 Å². The smallest absolute Gasteiger partial charge is 0.416 e. The van der Waals surface area contributed by atoms with E-state index < -0.39 is 47.2 Å². The average molecular weight is 744 g/mol. The Morgan fingerprint density at radius 1 is 0.811 bits per heavy atom. The Morgan fingerprint density at radius 2 is 1.45 bits per heavy atom. The van der Waals surface area contributed by atoms with Gasteiger partial charge in [0.1, 0.15) is 17.5 Å². The Hall–Kier alpha value is -5.91. The first-order chi connectivity index (χ1) is 25.0. The van der Waals surface area contributed by atoms with Gasteiger partial charge < -0.3 is 26.0 Å². The number of rotatable bonds is 16. The summed E-state index contributed by atoms with van der Waals surface area (Å²) in [4.78, 5) is 83.7. The van der Waals surface area contributed by atoms with Crippen LogP contribution in [0.4, 0.5) is 24.8 Å². The summed E-state index contributed by atoms with van der Waals surface area (Å²) in [5.41, 5.74) is -0.363. The lowest BCUT2D eigenvalue weighted by molar-refractivity contribution is -0.144. The van der Waals surface area contributed by atoms with E-state index in [1.54, 1.807) is 20.8 Å². The normalized spacial score (nSPS) is 11.0. The van der Waals surface area contributed by atoms with Gasteiger partial charge in [-0.1, -0.05) is 6.07 Å². The minimum absolute atomic E-state index is 0.0277. The number of amides is 5. The minimum Gasteiger partial charge on any atom is -0.466 e. The number of nitrogens with zero attached hydrogens (tertiary/aromatic N) is 2. The number of nitrogens with one attached hydrogen (secondary N) is 5. The number of hydrogen-bond donors (Lipinski definition) is 6. The highest BCUT2D eigenvalue weighted by Crippen LogP contribution is 2.33. The Labute approximate surface area is 302 Å². The van der Waals surface area contributed by atoms with Crippen LogP contribution in [0.5, 0.6) is 0 Å². The van der Waals surface area contributed by atoms with Crippen molar-refractivity contribution in [1.82, 2.24) is 26.1 Å². The number of hydrogen-bond acceptors (Lipinski definition) is 10. The Kier molecular flexibility index (Phi) is 14.9. The molecule has 0 aliphatic rings. The highest BCUT2D eigenvalue weighted by molar-refractivity contribution is 6.13. The number of carbonyl (C=O) groups is 6. The largest absolute Gasteiger partial charge is 0.466 e. The van der Waals surface area contributed by atoms with E-state index in [1.807, 2.05) is 0 Å². The fourth-order valence-corrected chi connectivity index (χ4v) is 4.92. The number of ether oxygens (including phenoxy) is 1. The maximum Gasteiger partial charge on any atom is 0.416 e. The van der Waals surface area contributed by atoms with Gasteiger partial charge in [0.05, 0.1) is 23.3 Å². The van der Waals surface area contributed by atoms with Crippen LogP contribution >= 0.6 is 0 Å². The topological polar surface area (TPSA) is 218 Å². The first kappa shape index (κ1) is 41.5. The second kappa shape index (κ2) is 19.1. The molecule has 0 aliphatic heterocycles. The van der Waals surface area contributed by atoms with Crippen molar-refractivity contribution >= 4 is 47.1 Å². The van der Waals surface area contributed by atoms with E-state index in [4.69, 9.17) is 9.94 Å². The predicted molar refractivity (Wildman–Crippen MR) is 184 cm³/mol. The number of hydroxylamine groups is 1. The molecule has 15 nitrogen and oxygen atoms in total. The second-order valence-corrected chi connectivity index (χ2v) is 11.9. The molecule has 0 spiro atoms. The minimum atomic E-state index is -4.83. The number of halogens is 3. The van der Waals surface area contributed by atoms with Crippen molar-refractivity contribution < 1.29 is 51.9 Å². The molecule has 1 heterocycles. The van der Waals surface area contributed by atoms with Gasteiger partial charge >= 0.3 is 12.1 Å². The molecule has 3 aromatic rings. The monoisotopic (exact) mass is 743 g/mol. The van der Waals surface area contributed by atoms with Crippen molar-refractivity contribution in [3.05, 3.63) is 81.7 Å². The Bertz CT molecular complexity index is 1850. The van der Waals surface area contributed by atoms with Crippen LogP contribution in [0.2, 0.25) is 0 Å². The van der Waals surface area contributed by atoms with E-state index in [9.17, 15) is 41.9 Å². The van der Waals surface area contributed by atoms with Gasteiger partial charge in [-0.3, -0.25) is 34.0 Å². The van der Waals surface area contributed by atoms with E-state index in [2.05, 4.69) is 31.2 Å². The molecule has 53 heavy (non-hydrogen) atoms. The van der Waals surface area contributed by atoms with Gasteiger partial charge in [0.2, 0.25) is 5.91 Å².